The molecule has 0 aliphatic rings. The van der Waals surface area contributed by atoms with Crippen LogP contribution in [0.2, 0.25) is 0 Å². The molecule has 2 unspecified atom stereocenters. The van der Waals surface area contributed by atoms with Crippen molar-refractivity contribution in [2.45, 2.75) is 74.0 Å². The minimum absolute atomic E-state index is 0.147. The second-order valence-electron chi connectivity index (χ2n) is 22.0. The van der Waals surface area contributed by atoms with E-state index in [-0.39, 0.29) is 11.7 Å². The van der Waals surface area contributed by atoms with Crippen LogP contribution in [0.1, 0.15) is 62.7 Å². The second-order valence-corrected chi connectivity index (χ2v) is 29.5. The normalized spacial score (nSPS) is 12.0. The van der Waals surface area contributed by atoms with Crippen LogP contribution in [-0.4, -0.2) is 13.3 Å². The summed E-state index contributed by atoms with van der Waals surface area (Å²) in [5.74, 6) is 0. The zero-order valence-corrected chi connectivity index (χ0v) is 54.5. The average molecular weight is 1280 g/mol. The quantitative estimate of drug-likeness (QED) is 0.0661. The van der Waals surface area contributed by atoms with E-state index >= 15 is 0 Å². The molecule has 1 nitrogen and oxygen atoms in total. The van der Waals surface area contributed by atoms with Crippen molar-refractivity contribution in [1.82, 2.24) is 0 Å². The minimum atomic E-state index is -6.00. The zero-order chi connectivity index (χ0) is 60.2. The number of aryl methyl sites for hydroxylation is 8. The van der Waals surface area contributed by atoms with Crippen molar-refractivity contribution < 1.29 is 34.6 Å². The fourth-order valence-electron chi connectivity index (χ4n) is 12.1. The summed E-state index contributed by atoms with van der Waals surface area (Å²) in [5.41, 5.74) is 23.4. The molecule has 0 saturated carbocycles. The van der Waals surface area contributed by atoms with Gasteiger partial charge in [0, 0.05) is 11.1 Å². The van der Waals surface area contributed by atoms with Gasteiger partial charge in [-0.3, -0.25) is 0 Å². The molecule has 11 rings (SSSR count). The third kappa shape index (κ3) is 16.2. The maximum absolute atomic E-state index is 9.75. The molecule has 0 heterocycles. The van der Waals surface area contributed by atoms with Crippen LogP contribution in [0.5, 0.6) is 0 Å². The molecule has 427 valence electrons. The Kier molecular flexibility index (Phi) is 22.3. The van der Waals surface area contributed by atoms with Crippen LogP contribution in [0.4, 0.5) is 17.3 Å². The van der Waals surface area contributed by atoms with Crippen molar-refractivity contribution in [3.63, 3.8) is 0 Å². The van der Waals surface area contributed by atoms with Crippen LogP contribution in [0, 0.1) is 55.4 Å². The summed E-state index contributed by atoms with van der Waals surface area (Å²) in [7, 11) is -5.48. The van der Waals surface area contributed by atoms with Gasteiger partial charge in [-0.1, -0.05) is 165 Å². The van der Waals surface area contributed by atoms with Gasteiger partial charge in [0.2, 0.25) is 0 Å². The van der Waals surface area contributed by atoms with Crippen molar-refractivity contribution in [2.24, 2.45) is 0 Å². The Morgan fingerprint density at radius 1 is 0.357 bits per heavy atom. The third-order valence-corrected chi connectivity index (χ3v) is 23.6. The van der Waals surface area contributed by atoms with E-state index in [4.69, 9.17) is 5.73 Å². The first-order valence-corrected chi connectivity index (χ1v) is 35.0. The van der Waals surface area contributed by atoms with Crippen LogP contribution >= 0.6 is 33.5 Å². The summed E-state index contributed by atoms with van der Waals surface area (Å²) in [6.45, 7) is 20.1. The Labute approximate surface area is 513 Å². The van der Waals surface area contributed by atoms with Gasteiger partial charge >= 0.3 is 34.3 Å². The van der Waals surface area contributed by atoms with E-state index in [0.29, 0.717) is 0 Å². The number of halogens is 5. The van der Waals surface area contributed by atoms with Gasteiger partial charge in [-0.25, -0.2) is 0 Å². The molecule has 0 spiro atoms. The van der Waals surface area contributed by atoms with E-state index in [1.54, 1.807) is 0 Å². The number of hydrogen-bond acceptors (Lipinski definition) is 0. The van der Waals surface area contributed by atoms with Gasteiger partial charge in [-0.2, -0.15) is 0 Å². The van der Waals surface area contributed by atoms with E-state index < -0.39 is 31.0 Å². The number of nitrogens with one attached hydrogen (secondary N) is 1. The van der Waals surface area contributed by atoms with E-state index in [1.807, 2.05) is 30.3 Å². The van der Waals surface area contributed by atoms with E-state index in [9.17, 15) is 17.3 Å². The van der Waals surface area contributed by atoms with E-state index in [0.717, 1.165) is 0 Å². The average Bonchev–Trinajstić information content (AvgIpc) is 1.52. The third-order valence-electron chi connectivity index (χ3n) is 14.8. The van der Waals surface area contributed by atoms with Gasteiger partial charge in [-0.05, 0) is 212 Å². The van der Waals surface area contributed by atoms with Crippen LogP contribution in [0.15, 0.2) is 237 Å². The molecule has 84 heavy (non-hydrogen) atoms. The van der Waals surface area contributed by atoms with Crippen molar-refractivity contribution in [3.05, 3.63) is 292 Å². The molecule has 0 aromatic heterocycles. The first kappa shape index (κ1) is 63.9. The molecule has 0 aliphatic carbocycles. The van der Waals surface area contributed by atoms with Crippen LogP contribution in [0.3, 0.4) is 0 Å². The summed E-state index contributed by atoms with van der Waals surface area (Å²) in [6.07, 6.45) is 0. The second kappa shape index (κ2) is 29.3. The van der Waals surface area contributed by atoms with Crippen LogP contribution in [0.25, 0.3) is 38.4 Å². The van der Waals surface area contributed by atoms with Crippen LogP contribution in [-0.2, 0) is 17.3 Å². The zero-order valence-electron chi connectivity index (χ0n) is 49.0. The van der Waals surface area contributed by atoms with Gasteiger partial charge in [0.25, 0.3) is 0 Å². The Hall–Kier alpha value is -6.11. The van der Waals surface area contributed by atoms with Crippen LogP contribution < -0.4 is 42.4 Å². The fraction of sp³-hybridized carbons (Fsp3) is 0.151. The van der Waals surface area contributed by atoms with Crippen molar-refractivity contribution >= 4 is 105 Å². The molecule has 11 aromatic rings. The van der Waals surface area contributed by atoms with Crippen molar-refractivity contribution in [1.29, 1.82) is 0 Å². The van der Waals surface area contributed by atoms with E-state index in [2.05, 4.69) is 296 Å². The molecule has 0 fully saturated rings. The summed E-state index contributed by atoms with van der Waals surface area (Å²) >= 11 is 1.82. The molecule has 0 saturated heterocycles. The molecule has 11 heteroatoms. The Morgan fingerprint density at radius 2 is 0.619 bits per heavy atom. The SMILES string of the molecule is CC([NH-])C(c1ccccc1)[PH+](c1ccccc1)c1ccccc1.Cc1cc(C)cc([PH+](c2cc(C)cc(C)c2)c2ccc3ccccc3c2-c2c([PH+](c3cc(C)cc(C)c3)c3cc(C)cc(C)c3)ccc3ccccc23)c1.F[B-](F)(F)F.[Cl][Ru+2]. The summed E-state index contributed by atoms with van der Waals surface area (Å²) in [4.78, 5) is 0. The molecule has 0 radical (unpaired) electrons. The molecule has 0 aliphatic heterocycles. The predicted octanol–water partition coefficient (Wildman–Crippen LogP) is 18.1. The first-order chi connectivity index (χ1) is 40.3. The summed E-state index contributed by atoms with van der Waals surface area (Å²) in [5, 5.41) is 16.6. The topological polar surface area (TPSA) is 23.8 Å². The predicted molar refractivity (Wildman–Crippen MR) is 364 cm³/mol. The number of fused-ring (bicyclic) bond motifs is 2. The Morgan fingerprint density at radius 3 is 0.905 bits per heavy atom. The van der Waals surface area contributed by atoms with Crippen molar-refractivity contribution in [2.75, 3.05) is 0 Å². The number of hydrogen-bond donors (Lipinski definition) is 0. The van der Waals surface area contributed by atoms with Gasteiger partial charge in [0.05, 0.1) is 40.0 Å². The fourth-order valence-corrected chi connectivity index (χ4v) is 21.6. The van der Waals surface area contributed by atoms with Gasteiger partial charge in [-0.15, -0.1) is 0 Å². The van der Waals surface area contributed by atoms with Gasteiger partial charge < -0.3 is 23.0 Å². The first-order valence-electron chi connectivity index (χ1n) is 28.2. The molecule has 11 aromatic carbocycles. The summed E-state index contributed by atoms with van der Waals surface area (Å²) in [6, 6.07) is 88.8. The van der Waals surface area contributed by atoms with Gasteiger partial charge in [0.1, 0.15) is 31.8 Å². The van der Waals surface area contributed by atoms with Crippen molar-refractivity contribution in [3.8, 4) is 11.1 Å². The standard InChI is InChI=1S/C52H48P2.C21H21NP.BF4.ClH.Ru/c1-33-21-34(2)26-43(25-33)53(44-27-35(3)22-36(4)28-44)49-19-17-41-13-9-11-15-47(41)51(49)52-48-16-12-10-14-42(48)18-20-50(52)54(45-29-37(5)23-38(6)30-45)46-31-39(7)24-40(8)32-46;1-17(22)21(18-11-5-2-6-12-18)23(19-13-7-3-8-14-19)20-15-9-4-10-16-20;2-1(3,4)5;;/h9-32H,1-8H3;2-17,21-22H,1H3;;1H;/q;2*-1;;+3/p+2. The molecular formula is C73H72BClF4NP3Ru+3. The molecule has 0 amide bonds. The molecule has 1 N–H and O–H groups in total. The van der Waals surface area contributed by atoms with E-state index in [1.165, 1.54) is 125 Å². The van der Waals surface area contributed by atoms with Gasteiger partial charge in [0.15, 0.2) is 0 Å². The summed E-state index contributed by atoms with van der Waals surface area (Å²) < 4.78 is 39.0. The number of rotatable bonds is 12. The molecular weight excluding hydrogens is 1210 g/mol. The molecule has 2 atom stereocenters. The maximum atomic E-state index is 9.75. The number of benzene rings is 11. The Bertz CT molecular complexity index is 3580. The molecule has 0 bridgehead atoms. The Balaban J connectivity index is 0.000000253. The monoisotopic (exact) mass is 1280 g/mol.